The number of benzene rings is 1. The second kappa shape index (κ2) is 5.27. The number of halogens is 1. The third-order valence-corrected chi connectivity index (χ3v) is 3.03. The highest BCUT2D eigenvalue weighted by Gasteiger charge is 2.14. The maximum absolute atomic E-state index is 13.4. The van der Waals surface area contributed by atoms with Crippen molar-refractivity contribution in [2.45, 2.75) is 26.3 Å². The van der Waals surface area contributed by atoms with Crippen LogP contribution < -0.4 is 5.73 Å². The number of hydrogen-bond acceptors (Lipinski definition) is 2. The molecule has 2 N–H and O–H groups in total. The molecule has 1 atom stereocenters. The van der Waals surface area contributed by atoms with Gasteiger partial charge < -0.3 is 5.73 Å². The molecule has 0 amide bonds. The summed E-state index contributed by atoms with van der Waals surface area (Å²) in [5, 5.41) is 0. The van der Waals surface area contributed by atoms with Crippen molar-refractivity contribution in [3.8, 4) is 0 Å². The first-order valence-corrected chi connectivity index (χ1v) is 6.08. The second-order valence-electron chi connectivity index (χ2n) is 4.44. The van der Waals surface area contributed by atoms with Gasteiger partial charge in [-0.1, -0.05) is 19.1 Å². The normalized spacial score (nSPS) is 12.4. The lowest BCUT2D eigenvalue weighted by Crippen LogP contribution is -2.16. The first kappa shape index (κ1) is 12.7. The number of rotatable bonds is 3. The molecule has 3 heteroatoms. The van der Waals surface area contributed by atoms with Crippen LogP contribution in [-0.4, -0.2) is 4.98 Å². The Morgan fingerprint density at radius 1 is 1.33 bits per heavy atom. The molecule has 18 heavy (non-hydrogen) atoms. The van der Waals surface area contributed by atoms with Gasteiger partial charge in [0, 0.05) is 6.20 Å². The highest BCUT2D eigenvalue weighted by molar-refractivity contribution is 5.34. The molecule has 0 saturated heterocycles. The first-order valence-electron chi connectivity index (χ1n) is 6.08. The SMILES string of the molecule is CCc1cccnc1C(N)c1cc(C)cc(F)c1. The molecule has 1 heterocycles. The fourth-order valence-corrected chi connectivity index (χ4v) is 2.13. The molecule has 2 aromatic rings. The fourth-order valence-electron chi connectivity index (χ4n) is 2.13. The van der Waals surface area contributed by atoms with Crippen LogP contribution >= 0.6 is 0 Å². The lowest BCUT2D eigenvalue weighted by molar-refractivity contribution is 0.621. The zero-order valence-corrected chi connectivity index (χ0v) is 10.7. The Morgan fingerprint density at radius 3 is 2.78 bits per heavy atom. The number of nitrogens with two attached hydrogens (primary N) is 1. The van der Waals surface area contributed by atoms with Crippen LogP contribution in [0.3, 0.4) is 0 Å². The molecule has 2 nitrogen and oxygen atoms in total. The van der Waals surface area contributed by atoms with Gasteiger partial charge in [-0.05, 0) is 48.2 Å². The predicted octanol–water partition coefficient (Wildman–Crippen LogP) is 3.14. The molecule has 0 radical (unpaired) electrons. The lowest BCUT2D eigenvalue weighted by atomic mass is 9.97. The van der Waals surface area contributed by atoms with Crippen LogP contribution in [0.15, 0.2) is 36.5 Å². The fraction of sp³-hybridized carbons (Fsp3) is 0.267. The van der Waals surface area contributed by atoms with Crippen molar-refractivity contribution >= 4 is 0 Å². The Labute approximate surface area is 107 Å². The minimum atomic E-state index is -0.379. The van der Waals surface area contributed by atoms with Crippen molar-refractivity contribution in [1.82, 2.24) is 4.98 Å². The smallest absolute Gasteiger partial charge is 0.123 e. The summed E-state index contributed by atoms with van der Waals surface area (Å²) >= 11 is 0. The van der Waals surface area contributed by atoms with Crippen LogP contribution in [0, 0.1) is 12.7 Å². The average molecular weight is 244 g/mol. The summed E-state index contributed by atoms with van der Waals surface area (Å²) in [4.78, 5) is 4.34. The molecule has 2 rings (SSSR count). The zero-order chi connectivity index (χ0) is 13.1. The van der Waals surface area contributed by atoms with E-state index < -0.39 is 0 Å². The molecule has 0 fully saturated rings. The van der Waals surface area contributed by atoms with Gasteiger partial charge in [0.25, 0.3) is 0 Å². The van der Waals surface area contributed by atoms with Crippen molar-refractivity contribution in [1.29, 1.82) is 0 Å². The Bertz CT molecular complexity index is 532. The standard InChI is InChI=1S/C15H17FN2/c1-3-11-5-4-6-18-15(11)14(17)12-7-10(2)8-13(16)9-12/h4-9,14H,3,17H2,1-2H3. The first-order chi connectivity index (χ1) is 8.61. The summed E-state index contributed by atoms with van der Waals surface area (Å²) in [6.45, 7) is 3.92. The Balaban J connectivity index is 2.44. The van der Waals surface area contributed by atoms with Crippen LogP contribution in [-0.2, 0) is 6.42 Å². The summed E-state index contributed by atoms with van der Waals surface area (Å²) in [5.41, 5.74) is 9.76. The van der Waals surface area contributed by atoms with Crippen molar-refractivity contribution in [3.05, 3.63) is 64.7 Å². The largest absolute Gasteiger partial charge is 0.319 e. The molecule has 94 valence electrons. The van der Waals surface area contributed by atoms with Gasteiger partial charge in [-0.15, -0.1) is 0 Å². The van der Waals surface area contributed by atoms with Crippen LogP contribution in [0.2, 0.25) is 0 Å². The topological polar surface area (TPSA) is 38.9 Å². The number of pyridine rings is 1. The summed E-state index contributed by atoms with van der Waals surface area (Å²) in [5.74, 6) is -0.255. The molecule has 0 aliphatic rings. The van der Waals surface area contributed by atoms with Gasteiger partial charge in [0.15, 0.2) is 0 Å². The quantitative estimate of drug-likeness (QED) is 0.900. The van der Waals surface area contributed by atoms with Crippen molar-refractivity contribution in [2.24, 2.45) is 5.73 Å². The van der Waals surface area contributed by atoms with Gasteiger partial charge >= 0.3 is 0 Å². The van der Waals surface area contributed by atoms with Crippen LogP contribution in [0.4, 0.5) is 4.39 Å². The summed E-state index contributed by atoms with van der Waals surface area (Å²) < 4.78 is 13.4. The Kier molecular flexibility index (Phi) is 3.72. The molecule has 1 aromatic heterocycles. The van der Waals surface area contributed by atoms with Gasteiger partial charge in [-0.2, -0.15) is 0 Å². The van der Waals surface area contributed by atoms with Crippen molar-refractivity contribution in [2.75, 3.05) is 0 Å². The van der Waals surface area contributed by atoms with Gasteiger partial charge in [0.05, 0.1) is 11.7 Å². The highest BCUT2D eigenvalue weighted by Crippen LogP contribution is 2.23. The number of aryl methyl sites for hydroxylation is 2. The van der Waals surface area contributed by atoms with Crippen LogP contribution in [0.1, 0.15) is 35.3 Å². The molecule has 0 saturated carbocycles. The van der Waals surface area contributed by atoms with Crippen LogP contribution in [0.25, 0.3) is 0 Å². The average Bonchev–Trinajstić information content (AvgIpc) is 2.36. The van der Waals surface area contributed by atoms with E-state index in [9.17, 15) is 4.39 Å². The molecule has 1 aromatic carbocycles. The zero-order valence-electron chi connectivity index (χ0n) is 10.7. The number of hydrogen-bond donors (Lipinski definition) is 1. The third kappa shape index (κ3) is 2.57. The van der Waals surface area contributed by atoms with E-state index in [1.54, 1.807) is 6.20 Å². The van der Waals surface area contributed by atoms with E-state index in [0.717, 1.165) is 28.8 Å². The highest BCUT2D eigenvalue weighted by atomic mass is 19.1. The summed E-state index contributed by atoms with van der Waals surface area (Å²) in [6, 6.07) is 8.40. The maximum atomic E-state index is 13.4. The van der Waals surface area contributed by atoms with E-state index in [-0.39, 0.29) is 11.9 Å². The summed E-state index contributed by atoms with van der Waals surface area (Å²) in [6.07, 6.45) is 2.59. The van der Waals surface area contributed by atoms with Crippen molar-refractivity contribution in [3.63, 3.8) is 0 Å². The van der Waals surface area contributed by atoms with Crippen molar-refractivity contribution < 1.29 is 4.39 Å². The Morgan fingerprint density at radius 2 is 2.11 bits per heavy atom. The predicted molar refractivity (Wildman–Crippen MR) is 70.8 cm³/mol. The van der Waals surface area contributed by atoms with E-state index in [2.05, 4.69) is 11.9 Å². The summed E-state index contributed by atoms with van der Waals surface area (Å²) in [7, 11) is 0. The minimum Gasteiger partial charge on any atom is -0.319 e. The van der Waals surface area contributed by atoms with E-state index in [1.807, 2.05) is 25.1 Å². The lowest BCUT2D eigenvalue weighted by Gasteiger charge is -2.15. The van der Waals surface area contributed by atoms with Gasteiger partial charge in [-0.25, -0.2) is 4.39 Å². The number of nitrogens with zero attached hydrogens (tertiary/aromatic N) is 1. The van der Waals surface area contributed by atoms with E-state index >= 15 is 0 Å². The second-order valence-corrected chi connectivity index (χ2v) is 4.44. The van der Waals surface area contributed by atoms with E-state index in [0.29, 0.717) is 0 Å². The van der Waals surface area contributed by atoms with E-state index in [1.165, 1.54) is 12.1 Å². The van der Waals surface area contributed by atoms with Crippen LogP contribution in [0.5, 0.6) is 0 Å². The molecule has 0 aliphatic heterocycles. The van der Waals surface area contributed by atoms with Gasteiger partial charge in [0.1, 0.15) is 5.82 Å². The molecular formula is C15H17FN2. The molecule has 0 bridgehead atoms. The molecule has 1 unspecified atom stereocenters. The monoisotopic (exact) mass is 244 g/mol. The molecular weight excluding hydrogens is 227 g/mol. The minimum absolute atomic E-state index is 0.255. The number of aromatic nitrogens is 1. The Hall–Kier alpha value is -1.74. The maximum Gasteiger partial charge on any atom is 0.123 e. The molecule has 0 spiro atoms. The van der Waals surface area contributed by atoms with Gasteiger partial charge in [-0.3, -0.25) is 4.98 Å². The van der Waals surface area contributed by atoms with E-state index in [4.69, 9.17) is 5.73 Å². The van der Waals surface area contributed by atoms with Gasteiger partial charge in [0.2, 0.25) is 0 Å². The molecule has 0 aliphatic carbocycles. The third-order valence-electron chi connectivity index (χ3n) is 3.03.